The molecule has 0 radical (unpaired) electrons. The first-order valence-corrected chi connectivity index (χ1v) is 7.30. The zero-order chi connectivity index (χ0) is 14.1. The van der Waals surface area contributed by atoms with Crippen molar-refractivity contribution in [2.45, 2.75) is 13.0 Å². The second-order valence-corrected chi connectivity index (χ2v) is 5.71. The SMILES string of the molecule is CNc1nc(-c2ccc3ncccc3c2)c(C(C)N)s1. The van der Waals surface area contributed by atoms with Crippen LogP contribution in [0.3, 0.4) is 0 Å². The van der Waals surface area contributed by atoms with Crippen LogP contribution in [0, 0.1) is 0 Å². The molecule has 0 amide bonds. The van der Waals surface area contributed by atoms with Crippen LogP contribution in [0.5, 0.6) is 0 Å². The van der Waals surface area contributed by atoms with E-state index in [9.17, 15) is 0 Å². The lowest BCUT2D eigenvalue weighted by Crippen LogP contribution is -2.04. The molecule has 4 nitrogen and oxygen atoms in total. The molecule has 2 aromatic heterocycles. The highest BCUT2D eigenvalue weighted by molar-refractivity contribution is 7.16. The van der Waals surface area contributed by atoms with Crippen LogP contribution in [-0.2, 0) is 0 Å². The Morgan fingerprint density at radius 1 is 1.30 bits per heavy atom. The summed E-state index contributed by atoms with van der Waals surface area (Å²) in [5, 5.41) is 5.09. The maximum Gasteiger partial charge on any atom is 0.183 e. The second-order valence-electron chi connectivity index (χ2n) is 4.68. The van der Waals surface area contributed by atoms with Crippen molar-refractivity contribution in [1.29, 1.82) is 0 Å². The van der Waals surface area contributed by atoms with Gasteiger partial charge in [-0.15, -0.1) is 0 Å². The van der Waals surface area contributed by atoms with E-state index >= 15 is 0 Å². The molecule has 0 saturated heterocycles. The molecule has 5 heteroatoms. The van der Waals surface area contributed by atoms with Gasteiger partial charge in [0.15, 0.2) is 5.13 Å². The van der Waals surface area contributed by atoms with Crippen LogP contribution in [0.25, 0.3) is 22.2 Å². The molecule has 1 atom stereocenters. The van der Waals surface area contributed by atoms with Crippen LogP contribution in [0.1, 0.15) is 17.8 Å². The smallest absolute Gasteiger partial charge is 0.183 e. The Morgan fingerprint density at radius 2 is 2.15 bits per heavy atom. The Kier molecular flexibility index (Phi) is 3.38. The lowest BCUT2D eigenvalue weighted by molar-refractivity contribution is 0.837. The van der Waals surface area contributed by atoms with E-state index in [1.807, 2.05) is 26.1 Å². The maximum atomic E-state index is 6.06. The van der Waals surface area contributed by atoms with Gasteiger partial charge in [-0.1, -0.05) is 23.5 Å². The number of nitrogens with one attached hydrogen (secondary N) is 1. The fourth-order valence-electron chi connectivity index (χ4n) is 2.18. The number of nitrogens with zero attached hydrogens (tertiary/aromatic N) is 2. The van der Waals surface area contributed by atoms with Crippen LogP contribution in [0.15, 0.2) is 36.5 Å². The number of fused-ring (bicyclic) bond motifs is 1. The number of benzene rings is 1. The van der Waals surface area contributed by atoms with E-state index in [2.05, 4.69) is 33.5 Å². The van der Waals surface area contributed by atoms with Crippen LogP contribution in [0.4, 0.5) is 5.13 Å². The Hall–Kier alpha value is -1.98. The van der Waals surface area contributed by atoms with Crippen molar-refractivity contribution in [1.82, 2.24) is 9.97 Å². The van der Waals surface area contributed by atoms with Crippen molar-refractivity contribution in [3.05, 3.63) is 41.4 Å². The summed E-state index contributed by atoms with van der Waals surface area (Å²) in [5.41, 5.74) is 9.09. The number of hydrogen-bond donors (Lipinski definition) is 2. The van der Waals surface area contributed by atoms with Gasteiger partial charge < -0.3 is 11.1 Å². The Morgan fingerprint density at radius 3 is 2.90 bits per heavy atom. The summed E-state index contributed by atoms with van der Waals surface area (Å²) in [6, 6.07) is 10.2. The molecule has 0 aliphatic carbocycles. The van der Waals surface area contributed by atoms with Crippen molar-refractivity contribution in [2.75, 3.05) is 12.4 Å². The first-order chi connectivity index (χ1) is 9.69. The molecule has 0 fully saturated rings. The van der Waals surface area contributed by atoms with Gasteiger partial charge in [-0.3, -0.25) is 4.98 Å². The van der Waals surface area contributed by atoms with E-state index in [4.69, 9.17) is 5.73 Å². The van der Waals surface area contributed by atoms with Gasteiger partial charge in [-0.2, -0.15) is 0 Å². The Labute approximate surface area is 121 Å². The molecular formula is C15H16N4S. The van der Waals surface area contributed by atoms with Gasteiger partial charge in [0.2, 0.25) is 0 Å². The number of nitrogens with two attached hydrogens (primary N) is 1. The summed E-state index contributed by atoms with van der Waals surface area (Å²) in [4.78, 5) is 10.1. The topological polar surface area (TPSA) is 63.8 Å². The third kappa shape index (κ3) is 2.26. The minimum absolute atomic E-state index is 0.0332. The summed E-state index contributed by atoms with van der Waals surface area (Å²) in [6.07, 6.45) is 1.80. The number of aromatic nitrogens is 2. The molecular weight excluding hydrogens is 268 g/mol. The minimum atomic E-state index is -0.0332. The molecule has 3 rings (SSSR count). The normalized spacial score (nSPS) is 12.6. The van der Waals surface area contributed by atoms with Crippen LogP contribution in [-0.4, -0.2) is 17.0 Å². The Balaban J connectivity index is 2.16. The number of thiazole rings is 1. The van der Waals surface area contributed by atoms with E-state index in [0.717, 1.165) is 32.2 Å². The fraction of sp³-hybridized carbons (Fsp3) is 0.200. The van der Waals surface area contributed by atoms with Crippen LogP contribution >= 0.6 is 11.3 Å². The third-order valence-corrected chi connectivity index (χ3v) is 4.43. The summed E-state index contributed by atoms with van der Waals surface area (Å²) in [5.74, 6) is 0. The van der Waals surface area contributed by atoms with E-state index in [0.29, 0.717) is 0 Å². The zero-order valence-corrected chi connectivity index (χ0v) is 12.2. The van der Waals surface area contributed by atoms with E-state index < -0.39 is 0 Å². The average molecular weight is 284 g/mol. The molecule has 0 aliphatic heterocycles. The summed E-state index contributed by atoms with van der Waals surface area (Å²) in [6.45, 7) is 1.99. The van der Waals surface area contributed by atoms with Gasteiger partial charge in [0.1, 0.15) is 0 Å². The third-order valence-electron chi connectivity index (χ3n) is 3.16. The molecule has 102 valence electrons. The lowest BCUT2D eigenvalue weighted by Gasteiger charge is -2.06. The lowest BCUT2D eigenvalue weighted by atomic mass is 10.1. The van der Waals surface area contributed by atoms with Crippen molar-refractivity contribution < 1.29 is 0 Å². The summed E-state index contributed by atoms with van der Waals surface area (Å²) < 4.78 is 0. The molecule has 0 bridgehead atoms. The fourth-order valence-corrected chi connectivity index (χ4v) is 3.07. The molecule has 3 N–H and O–H groups in total. The monoisotopic (exact) mass is 284 g/mol. The van der Waals surface area contributed by atoms with Crippen molar-refractivity contribution >= 4 is 27.4 Å². The largest absolute Gasteiger partial charge is 0.365 e. The molecule has 1 unspecified atom stereocenters. The highest BCUT2D eigenvalue weighted by atomic mass is 32.1. The molecule has 2 heterocycles. The van der Waals surface area contributed by atoms with E-state index in [1.165, 1.54) is 0 Å². The minimum Gasteiger partial charge on any atom is -0.365 e. The van der Waals surface area contributed by atoms with Gasteiger partial charge >= 0.3 is 0 Å². The molecule has 3 aromatic rings. The average Bonchev–Trinajstić information content (AvgIpc) is 2.91. The molecule has 0 aliphatic rings. The van der Waals surface area contributed by atoms with Crippen molar-refractivity contribution in [3.63, 3.8) is 0 Å². The number of pyridine rings is 1. The molecule has 0 saturated carbocycles. The van der Waals surface area contributed by atoms with Gasteiger partial charge in [0, 0.05) is 30.2 Å². The van der Waals surface area contributed by atoms with E-state index in [1.54, 1.807) is 17.5 Å². The van der Waals surface area contributed by atoms with Gasteiger partial charge in [0.05, 0.1) is 16.1 Å². The second kappa shape index (κ2) is 5.19. The number of hydrogen-bond acceptors (Lipinski definition) is 5. The van der Waals surface area contributed by atoms with E-state index in [-0.39, 0.29) is 6.04 Å². The van der Waals surface area contributed by atoms with Crippen molar-refractivity contribution in [2.24, 2.45) is 5.73 Å². The molecule has 20 heavy (non-hydrogen) atoms. The highest BCUT2D eigenvalue weighted by Gasteiger charge is 2.16. The van der Waals surface area contributed by atoms with Gasteiger partial charge in [-0.05, 0) is 25.1 Å². The maximum absolute atomic E-state index is 6.06. The summed E-state index contributed by atoms with van der Waals surface area (Å²) >= 11 is 1.60. The number of anilines is 1. The molecule has 0 spiro atoms. The van der Waals surface area contributed by atoms with Crippen LogP contribution < -0.4 is 11.1 Å². The zero-order valence-electron chi connectivity index (χ0n) is 11.4. The quantitative estimate of drug-likeness (QED) is 0.773. The van der Waals surface area contributed by atoms with Crippen molar-refractivity contribution in [3.8, 4) is 11.3 Å². The predicted octanol–water partition coefficient (Wildman–Crippen LogP) is 3.42. The number of rotatable bonds is 3. The van der Waals surface area contributed by atoms with Crippen LogP contribution in [0.2, 0.25) is 0 Å². The summed E-state index contributed by atoms with van der Waals surface area (Å²) in [7, 11) is 1.87. The predicted molar refractivity (Wildman–Crippen MR) is 85.0 cm³/mol. The highest BCUT2D eigenvalue weighted by Crippen LogP contribution is 2.35. The standard InChI is InChI=1S/C15H16N4S/c1-9(16)14-13(19-15(17-2)20-14)11-5-6-12-10(8-11)4-3-7-18-12/h3-9H,16H2,1-2H3,(H,17,19). The van der Waals surface area contributed by atoms with Gasteiger partial charge in [-0.25, -0.2) is 4.98 Å². The Bertz CT molecular complexity index is 748. The van der Waals surface area contributed by atoms with Gasteiger partial charge in [0.25, 0.3) is 0 Å². The first kappa shape index (κ1) is 13.0. The molecule has 1 aromatic carbocycles. The first-order valence-electron chi connectivity index (χ1n) is 6.48.